The summed E-state index contributed by atoms with van der Waals surface area (Å²) in [6.45, 7) is 5.37. The molecule has 2 aliphatic heterocycles. The standard InChI is InChI=1S/C16H22N2O/c1-11-7-8-13-10-17-15-6-4-3-5-14(15)16(19)18(13)12(2)9-11/h3-6,11-13,17H,7-10H2,1-2H3/t11-,12-,13+/m1/s1. The quantitative estimate of drug-likeness (QED) is 0.775. The number of carbonyl (C=O) groups is 1. The molecule has 0 radical (unpaired) electrons. The molecule has 3 rings (SSSR count). The highest BCUT2D eigenvalue weighted by atomic mass is 16.2. The number of fused-ring (bicyclic) bond motifs is 2. The SMILES string of the molecule is C[C@@H]1CC[C@H]2CNc3ccccc3C(=O)N2[C@H](C)C1. The van der Waals surface area contributed by atoms with E-state index in [2.05, 4.69) is 24.1 Å². The highest BCUT2D eigenvalue weighted by Crippen LogP contribution is 2.31. The number of hydrogen-bond acceptors (Lipinski definition) is 2. The minimum atomic E-state index is 0.201. The summed E-state index contributed by atoms with van der Waals surface area (Å²) in [6.07, 6.45) is 3.44. The number of nitrogens with one attached hydrogen (secondary N) is 1. The number of para-hydroxylation sites is 1. The van der Waals surface area contributed by atoms with Gasteiger partial charge in [-0.15, -0.1) is 0 Å². The van der Waals surface area contributed by atoms with Crippen LogP contribution in [0.4, 0.5) is 5.69 Å². The largest absolute Gasteiger partial charge is 0.382 e. The third-order valence-electron chi connectivity index (χ3n) is 4.52. The normalized spacial score (nSPS) is 30.7. The Morgan fingerprint density at radius 3 is 2.84 bits per heavy atom. The molecule has 2 heterocycles. The van der Waals surface area contributed by atoms with Crippen molar-refractivity contribution < 1.29 is 4.79 Å². The fraction of sp³-hybridized carbons (Fsp3) is 0.562. The minimum absolute atomic E-state index is 0.201. The maximum Gasteiger partial charge on any atom is 0.256 e. The van der Waals surface area contributed by atoms with Crippen LogP contribution in [0.15, 0.2) is 24.3 Å². The Labute approximate surface area is 115 Å². The molecule has 19 heavy (non-hydrogen) atoms. The van der Waals surface area contributed by atoms with Gasteiger partial charge in [0.15, 0.2) is 0 Å². The summed E-state index contributed by atoms with van der Waals surface area (Å²) < 4.78 is 0. The topological polar surface area (TPSA) is 32.3 Å². The Morgan fingerprint density at radius 2 is 2.00 bits per heavy atom. The van der Waals surface area contributed by atoms with E-state index in [0.29, 0.717) is 18.0 Å². The number of hydrogen-bond donors (Lipinski definition) is 1. The highest BCUT2D eigenvalue weighted by Gasteiger charge is 2.35. The van der Waals surface area contributed by atoms with Gasteiger partial charge in [0.05, 0.1) is 5.56 Å². The molecule has 102 valence electrons. The molecule has 0 aliphatic carbocycles. The third kappa shape index (κ3) is 2.22. The maximum atomic E-state index is 12.8. The molecule has 0 spiro atoms. The number of rotatable bonds is 0. The van der Waals surface area contributed by atoms with Gasteiger partial charge >= 0.3 is 0 Å². The zero-order valence-electron chi connectivity index (χ0n) is 11.7. The van der Waals surface area contributed by atoms with E-state index in [1.165, 1.54) is 6.42 Å². The molecular weight excluding hydrogens is 236 g/mol. The van der Waals surface area contributed by atoms with E-state index < -0.39 is 0 Å². The van der Waals surface area contributed by atoms with Crippen molar-refractivity contribution in [3.05, 3.63) is 29.8 Å². The lowest BCUT2D eigenvalue weighted by atomic mass is 9.99. The smallest absolute Gasteiger partial charge is 0.256 e. The van der Waals surface area contributed by atoms with E-state index in [9.17, 15) is 4.79 Å². The number of carbonyl (C=O) groups excluding carboxylic acids is 1. The first kappa shape index (κ1) is 12.5. The van der Waals surface area contributed by atoms with Crippen LogP contribution < -0.4 is 5.32 Å². The summed E-state index contributed by atoms with van der Waals surface area (Å²) in [6, 6.07) is 8.55. The van der Waals surface area contributed by atoms with Crippen molar-refractivity contribution in [3.8, 4) is 0 Å². The van der Waals surface area contributed by atoms with Gasteiger partial charge in [-0.25, -0.2) is 0 Å². The van der Waals surface area contributed by atoms with Crippen LogP contribution in [0.2, 0.25) is 0 Å². The monoisotopic (exact) mass is 258 g/mol. The van der Waals surface area contributed by atoms with Gasteiger partial charge in [0.1, 0.15) is 0 Å². The molecule has 3 heteroatoms. The van der Waals surface area contributed by atoms with Crippen molar-refractivity contribution in [2.75, 3.05) is 11.9 Å². The lowest BCUT2D eigenvalue weighted by molar-refractivity contribution is 0.0613. The molecule has 0 aromatic heterocycles. The molecule has 3 atom stereocenters. The summed E-state index contributed by atoms with van der Waals surface area (Å²) >= 11 is 0. The second-order valence-corrected chi connectivity index (χ2v) is 6.06. The van der Waals surface area contributed by atoms with Gasteiger partial charge < -0.3 is 10.2 Å². The van der Waals surface area contributed by atoms with Crippen LogP contribution in [0.25, 0.3) is 0 Å². The van der Waals surface area contributed by atoms with E-state index in [0.717, 1.165) is 30.6 Å². The van der Waals surface area contributed by atoms with Gasteiger partial charge in [0.25, 0.3) is 5.91 Å². The van der Waals surface area contributed by atoms with Crippen molar-refractivity contribution in [1.82, 2.24) is 4.90 Å². The van der Waals surface area contributed by atoms with Crippen LogP contribution in [0, 0.1) is 5.92 Å². The van der Waals surface area contributed by atoms with Gasteiger partial charge in [-0.2, -0.15) is 0 Å². The average molecular weight is 258 g/mol. The fourth-order valence-electron chi connectivity index (χ4n) is 3.55. The molecule has 1 N–H and O–H groups in total. The highest BCUT2D eigenvalue weighted by molar-refractivity contribution is 6.00. The predicted molar refractivity (Wildman–Crippen MR) is 77.4 cm³/mol. The first-order chi connectivity index (χ1) is 9.16. The first-order valence-electron chi connectivity index (χ1n) is 7.32. The lowest BCUT2D eigenvalue weighted by Gasteiger charge is -2.33. The van der Waals surface area contributed by atoms with E-state index >= 15 is 0 Å². The minimum Gasteiger partial charge on any atom is -0.382 e. The fourth-order valence-corrected chi connectivity index (χ4v) is 3.55. The molecule has 1 aromatic carbocycles. The molecule has 0 unspecified atom stereocenters. The van der Waals surface area contributed by atoms with Crippen LogP contribution in [-0.2, 0) is 0 Å². The van der Waals surface area contributed by atoms with Crippen molar-refractivity contribution >= 4 is 11.6 Å². The van der Waals surface area contributed by atoms with Crippen molar-refractivity contribution in [2.45, 2.75) is 45.2 Å². The Balaban J connectivity index is 1.98. The molecule has 2 aliphatic rings. The predicted octanol–water partition coefficient (Wildman–Crippen LogP) is 3.13. The van der Waals surface area contributed by atoms with Crippen molar-refractivity contribution in [3.63, 3.8) is 0 Å². The van der Waals surface area contributed by atoms with Crippen LogP contribution >= 0.6 is 0 Å². The van der Waals surface area contributed by atoms with Gasteiger partial charge in [0.2, 0.25) is 0 Å². The van der Waals surface area contributed by atoms with Gasteiger partial charge in [0, 0.05) is 24.3 Å². The Kier molecular flexibility index (Phi) is 3.21. The Bertz CT molecular complexity index is 485. The van der Waals surface area contributed by atoms with Crippen LogP contribution in [0.5, 0.6) is 0 Å². The van der Waals surface area contributed by atoms with E-state index in [4.69, 9.17) is 0 Å². The molecule has 1 saturated heterocycles. The van der Waals surface area contributed by atoms with Crippen LogP contribution in [0.3, 0.4) is 0 Å². The second-order valence-electron chi connectivity index (χ2n) is 6.06. The molecule has 1 aromatic rings. The van der Waals surface area contributed by atoms with Crippen LogP contribution in [-0.4, -0.2) is 29.4 Å². The molecule has 3 nitrogen and oxygen atoms in total. The van der Waals surface area contributed by atoms with Gasteiger partial charge in [-0.3, -0.25) is 4.79 Å². The van der Waals surface area contributed by atoms with Gasteiger partial charge in [-0.1, -0.05) is 19.1 Å². The lowest BCUT2D eigenvalue weighted by Crippen LogP contribution is -2.46. The summed E-state index contributed by atoms with van der Waals surface area (Å²) in [5.74, 6) is 0.914. The number of amides is 1. The number of anilines is 1. The summed E-state index contributed by atoms with van der Waals surface area (Å²) in [7, 11) is 0. The molecule has 0 saturated carbocycles. The van der Waals surface area contributed by atoms with E-state index in [1.54, 1.807) is 0 Å². The zero-order valence-corrected chi connectivity index (χ0v) is 11.7. The van der Waals surface area contributed by atoms with Crippen LogP contribution in [0.1, 0.15) is 43.5 Å². The summed E-state index contributed by atoms with van der Waals surface area (Å²) in [4.78, 5) is 15.0. The summed E-state index contributed by atoms with van der Waals surface area (Å²) in [5.41, 5.74) is 1.81. The Hall–Kier alpha value is -1.51. The van der Waals surface area contributed by atoms with Crippen molar-refractivity contribution in [2.24, 2.45) is 5.92 Å². The van der Waals surface area contributed by atoms with E-state index in [1.807, 2.05) is 24.3 Å². The number of nitrogens with zero attached hydrogens (tertiary/aromatic N) is 1. The van der Waals surface area contributed by atoms with E-state index in [-0.39, 0.29) is 5.91 Å². The third-order valence-corrected chi connectivity index (χ3v) is 4.52. The van der Waals surface area contributed by atoms with Gasteiger partial charge in [-0.05, 0) is 44.2 Å². The average Bonchev–Trinajstić information content (AvgIpc) is 2.63. The molecule has 1 amide bonds. The first-order valence-corrected chi connectivity index (χ1v) is 7.32. The summed E-state index contributed by atoms with van der Waals surface area (Å²) in [5, 5.41) is 3.46. The zero-order chi connectivity index (χ0) is 13.4. The molecule has 1 fully saturated rings. The van der Waals surface area contributed by atoms with Crippen molar-refractivity contribution in [1.29, 1.82) is 0 Å². The molecule has 0 bridgehead atoms. The molecular formula is C16H22N2O. The second kappa shape index (κ2) is 4.87. The number of benzene rings is 1. The Morgan fingerprint density at radius 1 is 1.21 bits per heavy atom. The maximum absolute atomic E-state index is 12.8.